The fourth-order valence-electron chi connectivity index (χ4n) is 4.60. The Bertz CT molecular complexity index is 665. The lowest BCUT2D eigenvalue weighted by molar-refractivity contribution is 0.0122. The molecule has 2 heterocycles. The third-order valence-corrected chi connectivity index (χ3v) is 5.73. The summed E-state index contributed by atoms with van der Waals surface area (Å²) in [6.45, 7) is 5.40. The fourth-order valence-corrected chi connectivity index (χ4v) is 4.60. The molecule has 1 aromatic carbocycles. The number of aryl methyl sites for hydroxylation is 1. The summed E-state index contributed by atoms with van der Waals surface area (Å²) in [5, 5.41) is 1.34. The van der Waals surface area contributed by atoms with E-state index in [4.69, 9.17) is 4.74 Å². The average Bonchev–Trinajstić information content (AvgIpc) is 3.03. The van der Waals surface area contributed by atoms with Gasteiger partial charge in [-0.25, -0.2) is 0 Å². The molecule has 4 rings (SSSR count). The lowest BCUT2D eigenvalue weighted by atomic mass is 9.70. The van der Waals surface area contributed by atoms with Gasteiger partial charge in [0.25, 0.3) is 0 Å². The predicted molar refractivity (Wildman–Crippen MR) is 86.5 cm³/mol. The van der Waals surface area contributed by atoms with Gasteiger partial charge in [-0.1, -0.05) is 30.9 Å². The van der Waals surface area contributed by atoms with E-state index in [0.29, 0.717) is 5.41 Å². The number of ether oxygens (including phenoxy) is 1. The van der Waals surface area contributed by atoms with Gasteiger partial charge in [0.15, 0.2) is 0 Å². The highest BCUT2D eigenvalue weighted by atomic mass is 16.5. The van der Waals surface area contributed by atoms with Gasteiger partial charge in [-0.15, -0.1) is 0 Å². The van der Waals surface area contributed by atoms with E-state index in [2.05, 4.69) is 43.2 Å². The van der Waals surface area contributed by atoms with Crippen molar-refractivity contribution in [2.24, 2.45) is 5.41 Å². The molecule has 2 aliphatic rings. The van der Waals surface area contributed by atoms with Crippen LogP contribution in [0.1, 0.15) is 56.6 Å². The number of benzene rings is 1. The van der Waals surface area contributed by atoms with E-state index in [0.717, 1.165) is 6.61 Å². The summed E-state index contributed by atoms with van der Waals surface area (Å²) in [6.07, 6.45) is 10.2. The molecule has 1 unspecified atom stereocenters. The molecule has 1 spiro atoms. The molecule has 21 heavy (non-hydrogen) atoms. The summed E-state index contributed by atoms with van der Waals surface area (Å²) in [5.74, 6) is 0. The van der Waals surface area contributed by atoms with Crippen LogP contribution in [0.2, 0.25) is 0 Å². The molecule has 1 saturated carbocycles. The van der Waals surface area contributed by atoms with Gasteiger partial charge < -0.3 is 9.72 Å². The van der Waals surface area contributed by atoms with Crippen LogP contribution in [0.5, 0.6) is 0 Å². The minimum Gasteiger partial charge on any atom is -0.370 e. The van der Waals surface area contributed by atoms with Crippen molar-refractivity contribution in [3.63, 3.8) is 0 Å². The van der Waals surface area contributed by atoms with E-state index in [-0.39, 0.29) is 5.60 Å². The first-order valence-corrected chi connectivity index (χ1v) is 8.33. The maximum atomic E-state index is 6.41. The summed E-state index contributed by atoms with van der Waals surface area (Å²) in [4.78, 5) is 3.43. The molecule has 1 aliphatic carbocycles. The molecule has 0 bridgehead atoms. The van der Waals surface area contributed by atoms with Crippen molar-refractivity contribution in [1.82, 2.24) is 4.98 Å². The van der Waals surface area contributed by atoms with Gasteiger partial charge in [0, 0.05) is 22.7 Å². The van der Waals surface area contributed by atoms with Crippen LogP contribution in [0.3, 0.4) is 0 Å². The summed E-state index contributed by atoms with van der Waals surface area (Å²) < 4.78 is 6.41. The van der Waals surface area contributed by atoms with Crippen LogP contribution >= 0.6 is 0 Å². The van der Waals surface area contributed by atoms with Crippen LogP contribution in [0.4, 0.5) is 0 Å². The zero-order chi connectivity index (χ0) is 14.5. The molecular formula is C19H25NO. The second kappa shape index (κ2) is 4.61. The Morgan fingerprint density at radius 3 is 2.76 bits per heavy atom. The van der Waals surface area contributed by atoms with Crippen molar-refractivity contribution in [3.05, 3.63) is 35.5 Å². The van der Waals surface area contributed by atoms with Gasteiger partial charge in [0.05, 0.1) is 12.2 Å². The maximum Gasteiger partial charge on any atom is 0.0930 e. The van der Waals surface area contributed by atoms with E-state index < -0.39 is 0 Å². The van der Waals surface area contributed by atoms with Gasteiger partial charge in [0.2, 0.25) is 0 Å². The van der Waals surface area contributed by atoms with E-state index in [1.54, 1.807) is 0 Å². The third-order valence-electron chi connectivity index (χ3n) is 5.73. The van der Waals surface area contributed by atoms with Gasteiger partial charge in [-0.2, -0.15) is 0 Å². The number of fused-ring (bicyclic) bond motifs is 1. The van der Waals surface area contributed by atoms with E-state index in [1.807, 2.05) is 0 Å². The molecule has 0 amide bonds. The van der Waals surface area contributed by atoms with Gasteiger partial charge >= 0.3 is 0 Å². The molecule has 2 fully saturated rings. The monoisotopic (exact) mass is 283 g/mol. The molecule has 0 radical (unpaired) electrons. The number of H-pyrrole nitrogens is 1. The largest absolute Gasteiger partial charge is 0.370 e. The maximum absolute atomic E-state index is 6.41. The molecule has 1 N–H and O–H groups in total. The highest BCUT2D eigenvalue weighted by molar-refractivity contribution is 5.84. The van der Waals surface area contributed by atoms with Crippen LogP contribution in [0.25, 0.3) is 10.9 Å². The quantitative estimate of drug-likeness (QED) is 0.777. The minimum atomic E-state index is -0.122. The molecule has 2 nitrogen and oxygen atoms in total. The normalized spacial score (nSPS) is 28.5. The van der Waals surface area contributed by atoms with Crippen LogP contribution in [0.15, 0.2) is 24.4 Å². The Labute approximate surface area is 126 Å². The second-order valence-corrected chi connectivity index (χ2v) is 7.51. The Balaban J connectivity index is 1.73. The average molecular weight is 283 g/mol. The van der Waals surface area contributed by atoms with E-state index in [9.17, 15) is 0 Å². The topological polar surface area (TPSA) is 25.0 Å². The number of nitrogens with one attached hydrogen (secondary N) is 1. The molecular weight excluding hydrogens is 258 g/mol. The number of aromatic amines is 1. The summed E-state index contributed by atoms with van der Waals surface area (Å²) >= 11 is 0. The third kappa shape index (κ3) is 2.12. The summed E-state index contributed by atoms with van der Waals surface area (Å²) in [5.41, 5.74) is 4.22. The van der Waals surface area contributed by atoms with Crippen molar-refractivity contribution < 1.29 is 4.74 Å². The van der Waals surface area contributed by atoms with Crippen molar-refractivity contribution in [2.45, 2.75) is 58.0 Å². The van der Waals surface area contributed by atoms with Gasteiger partial charge in [-0.3, -0.25) is 0 Å². The molecule has 2 heteroatoms. The van der Waals surface area contributed by atoms with Gasteiger partial charge in [-0.05, 0) is 50.7 Å². The van der Waals surface area contributed by atoms with Crippen molar-refractivity contribution in [1.29, 1.82) is 0 Å². The number of rotatable bonds is 1. The van der Waals surface area contributed by atoms with Crippen molar-refractivity contribution in [3.8, 4) is 0 Å². The highest BCUT2D eigenvalue weighted by Gasteiger charge is 2.48. The minimum absolute atomic E-state index is 0.122. The zero-order valence-corrected chi connectivity index (χ0v) is 13.2. The number of aromatic nitrogens is 1. The highest BCUT2D eigenvalue weighted by Crippen LogP contribution is 2.53. The van der Waals surface area contributed by atoms with E-state index in [1.165, 1.54) is 60.6 Å². The lowest BCUT2D eigenvalue weighted by Gasteiger charge is -2.33. The SMILES string of the molecule is Cc1ccc2[nH]cc(C3(C)CC4(CCCCC4)CO3)c2c1. The Hall–Kier alpha value is -1.28. The van der Waals surface area contributed by atoms with Crippen molar-refractivity contribution >= 4 is 10.9 Å². The standard InChI is InChI=1S/C19H25NO/c1-14-6-7-17-15(10-14)16(11-20-17)18(2)12-19(13-21-18)8-4-3-5-9-19/h6-7,10-11,20H,3-5,8-9,12-13H2,1-2H3. The Morgan fingerprint density at radius 1 is 1.14 bits per heavy atom. The molecule has 112 valence electrons. The zero-order valence-electron chi connectivity index (χ0n) is 13.2. The van der Waals surface area contributed by atoms with E-state index >= 15 is 0 Å². The smallest absolute Gasteiger partial charge is 0.0930 e. The Kier molecular flexibility index (Phi) is 2.94. The number of hydrogen-bond donors (Lipinski definition) is 1. The summed E-state index contributed by atoms with van der Waals surface area (Å²) in [6, 6.07) is 6.65. The fraction of sp³-hybridized carbons (Fsp3) is 0.579. The first kappa shape index (κ1) is 13.4. The molecule has 1 aliphatic heterocycles. The molecule has 1 saturated heterocycles. The van der Waals surface area contributed by atoms with Crippen LogP contribution in [0, 0.1) is 12.3 Å². The van der Waals surface area contributed by atoms with Crippen LogP contribution < -0.4 is 0 Å². The number of hydrogen-bond acceptors (Lipinski definition) is 1. The second-order valence-electron chi connectivity index (χ2n) is 7.51. The molecule has 1 atom stereocenters. The first-order chi connectivity index (χ1) is 10.1. The molecule has 2 aromatic rings. The molecule has 1 aromatic heterocycles. The van der Waals surface area contributed by atoms with Crippen LogP contribution in [-0.2, 0) is 10.3 Å². The van der Waals surface area contributed by atoms with Crippen LogP contribution in [-0.4, -0.2) is 11.6 Å². The summed E-state index contributed by atoms with van der Waals surface area (Å²) in [7, 11) is 0. The van der Waals surface area contributed by atoms with Gasteiger partial charge in [0.1, 0.15) is 0 Å². The Morgan fingerprint density at radius 2 is 1.95 bits per heavy atom. The lowest BCUT2D eigenvalue weighted by Crippen LogP contribution is -2.26. The first-order valence-electron chi connectivity index (χ1n) is 8.33. The predicted octanol–water partition coefficient (Wildman–Crippen LogP) is 5.06. The van der Waals surface area contributed by atoms with Crippen molar-refractivity contribution in [2.75, 3.05) is 6.61 Å².